The Hall–Kier alpha value is -1.01. The monoisotopic (exact) mass is 283 g/mol. The fourth-order valence-corrected chi connectivity index (χ4v) is 6.38. The molecule has 0 bridgehead atoms. The summed E-state index contributed by atoms with van der Waals surface area (Å²) >= 11 is 1.47. The van der Waals surface area contributed by atoms with Crippen molar-refractivity contribution in [2.75, 3.05) is 22.2 Å². The second-order valence-corrected chi connectivity index (χ2v) is 7.97. The fraction of sp³-hybridized carbons (Fsp3) is 0.417. The van der Waals surface area contributed by atoms with Gasteiger partial charge in [0.05, 0.1) is 23.3 Å². The molecule has 2 aliphatic heterocycles. The molecule has 2 aliphatic rings. The average molecular weight is 283 g/mol. The van der Waals surface area contributed by atoms with Gasteiger partial charge in [-0.15, -0.1) is 11.8 Å². The van der Waals surface area contributed by atoms with Crippen molar-refractivity contribution in [3.63, 3.8) is 0 Å². The van der Waals surface area contributed by atoms with E-state index in [0.717, 1.165) is 5.69 Å². The Morgan fingerprint density at radius 1 is 1.17 bits per heavy atom. The molecule has 1 amide bonds. The van der Waals surface area contributed by atoms with Crippen molar-refractivity contribution >= 4 is 33.2 Å². The van der Waals surface area contributed by atoms with Crippen LogP contribution in [-0.4, -0.2) is 42.9 Å². The molecule has 6 heteroatoms. The molecule has 3 rings (SSSR count). The predicted octanol–water partition coefficient (Wildman–Crippen LogP) is 0.932. The summed E-state index contributed by atoms with van der Waals surface area (Å²) in [4.78, 5) is 13.7. The summed E-state index contributed by atoms with van der Waals surface area (Å²) in [6, 6.07) is 9.12. The van der Waals surface area contributed by atoms with E-state index < -0.39 is 9.84 Å². The van der Waals surface area contributed by atoms with E-state index in [2.05, 4.69) is 0 Å². The molecule has 0 saturated carbocycles. The van der Waals surface area contributed by atoms with Crippen LogP contribution in [0.3, 0.4) is 0 Å². The summed E-state index contributed by atoms with van der Waals surface area (Å²) in [7, 11) is -3.01. The summed E-state index contributed by atoms with van der Waals surface area (Å²) in [5.74, 6) is 0.653. The molecule has 1 aromatic rings. The topological polar surface area (TPSA) is 54.5 Å². The maximum atomic E-state index is 12.1. The summed E-state index contributed by atoms with van der Waals surface area (Å²) < 4.78 is 23.5. The van der Waals surface area contributed by atoms with Crippen LogP contribution in [0.2, 0.25) is 0 Å². The van der Waals surface area contributed by atoms with Crippen LogP contribution in [-0.2, 0) is 14.6 Å². The number of amides is 1. The van der Waals surface area contributed by atoms with Gasteiger partial charge < -0.3 is 4.90 Å². The number of nitrogens with zero attached hydrogens (tertiary/aromatic N) is 1. The predicted molar refractivity (Wildman–Crippen MR) is 72.6 cm³/mol. The number of para-hydroxylation sites is 1. The molecule has 96 valence electrons. The van der Waals surface area contributed by atoms with E-state index in [1.54, 1.807) is 4.90 Å². The van der Waals surface area contributed by atoms with Gasteiger partial charge in [-0.1, -0.05) is 18.2 Å². The third-order valence-corrected chi connectivity index (χ3v) is 6.58. The van der Waals surface area contributed by atoms with E-state index in [-0.39, 0.29) is 28.7 Å². The molecule has 0 N–H and O–H groups in total. The molecule has 0 spiro atoms. The van der Waals surface area contributed by atoms with Gasteiger partial charge in [0.2, 0.25) is 5.91 Å². The van der Waals surface area contributed by atoms with E-state index in [1.807, 2.05) is 30.3 Å². The smallest absolute Gasteiger partial charge is 0.237 e. The first-order valence-corrected chi connectivity index (χ1v) is 8.63. The first-order valence-electron chi connectivity index (χ1n) is 5.76. The first-order chi connectivity index (χ1) is 8.57. The first kappa shape index (κ1) is 12.0. The number of thioether (sulfide) groups is 1. The normalized spacial score (nSPS) is 30.2. The van der Waals surface area contributed by atoms with Crippen LogP contribution >= 0.6 is 11.8 Å². The zero-order chi connectivity index (χ0) is 12.8. The minimum atomic E-state index is -3.01. The Labute approximate surface area is 110 Å². The lowest BCUT2D eigenvalue weighted by molar-refractivity contribution is -0.116. The van der Waals surface area contributed by atoms with Crippen LogP contribution in [0.25, 0.3) is 0 Å². The Morgan fingerprint density at radius 2 is 1.89 bits per heavy atom. The SMILES string of the molecule is O=C1CS[C@H]2CS(=O)(=O)C[C@@H]2N1c1ccccc1. The molecule has 1 aromatic carbocycles. The highest BCUT2D eigenvalue weighted by molar-refractivity contribution is 8.02. The van der Waals surface area contributed by atoms with Crippen LogP contribution in [0.1, 0.15) is 0 Å². The highest BCUT2D eigenvalue weighted by atomic mass is 32.2. The lowest BCUT2D eigenvalue weighted by Crippen LogP contribution is -2.50. The lowest BCUT2D eigenvalue weighted by Gasteiger charge is -2.36. The maximum absolute atomic E-state index is 12.1. The summed E-state index contributed by atoms with van der Waals surface area (Å²) in [5.41, 5.74) is 0.801. The number of hydrogen-bond acceptors (Lipinski definition) is 4. The molecule has 0 radical (unpaired) electrons. The van der Waals surface area contributed by atoms with Crippen LogP contribution in [0.4, 0.5) is 5.69 Å². The second kappa shape index (κ2) is 4.28. The van der Waals surface area contributed by atoms with E-state index in [9.17, 15) is 13.2 Å². The second-order valence-electron chi connectivity index (χ2n) is 4.59. The van der Waals surface area contributed by atoms with E-state index in [1.165, 1.54) is 11.8 Å². The molecule has 2 heterocycles. The third kappa shape index (κ3) is 2.03. The Morgan fingerprint density at radius 3 is 2.61 bits per heavy atom. The molecule has 2 fully saturated rings. The van der Waals surface area contributed by atoms with Gasteiger partial charge in [-0.2, -0.15) is 0 Å². The molecule has 0 unspecified atom stereocenters. The van der Waals surface area contributed by atoms with Crippen molar-refractivity contribution in [2.24, 2.45) is 0 Å². The molecule has 4 nitrogen and oxygen atoms in total. The van der Waals surface area contributed by atoms with E-state index in [4.69, 9.17) is 0 Å². The fourth-order valence-electron chi connectivity index (χ4n) is 2.55. The Bertz CT molecular complexity index is 570. The Kier molecular flexibility index (Phi) is 2.86. The summed E-state index contributed by atoms with van der Waals surface area (Å²) in [5, 5.41) is 0.0212. The van der Waals surface area contributed by atoms with Crippen LogP contribution in [0.15, 0.2) is 30.3 Å². The van der Waals surface area contributed by atoms with Gasteiger partial charge in [-0.25, -0.2) is 8.42 Å². The summed E-state index contributed by atoms with van der Waals surface area (Å²) in [6.07, 6.45) is 0. The van der Waals surface area contributed by atoms with Gasteiger partial charge in [-0.3, -0.25) is 4.79 Å². The molecule has 2 atom stereocenters. The van der Waals surface area contributed by atoms with Gasteiger partial charge >= 0.3 is 0 Å². The number of sulfone groups is 1. The van der Waals surface area contributed by atoms with Crippen LogP contribution < -0.4 is 4.90 Å². The van der Waals surface area contributed by atoms with Crippen molar-refractivity contribution in [3.05, 3.63) is 30.3 Å². The molecular formula is C12H13NO3S2. The van der Waals surface area contributed by atoms with Crippen LogP contribution in [0.5, 0.6) is 0 Å². The van der Waals surface area contributed by atoms with E-state index in [0.29, 0.717) is 5.75 Å². The van der Waals surface area contributed by atoms with Gasteiger partial charge in [0.1, 0.15) is 0 Å². The highest BCUT2D eigenvalue weighted by Crippen LogP contribution is 2.35. The minimum Gasteiger partial charge on any atom is -0.306 e. The number of anilines is 1. The van der Waals surface area contributed by atoms with E-state index >= 15 is 0 Å². The van der Waals surface area contributed by atoms with Crippen LogP contribution in [0, 0.1) is 0 Å². The number of benzene rings is 1. The zero-order valence-corrected chi connectivity index (χ0v) is 11.3. The highest BCUT2D eigenvalue weighted by Gasteiger charge is 2.46. The van der Waals surface area contributed by atoms with Crippen molar-refractivity contribution in [2.45, 2.75) is 11.3 Å². The van der Waals surface area contributed by atoms with Gasteiger partial charge in [0, 0.05) is 10.9 Å². The third-order valence-electron chi connectivity index (χ3n) is 3.33. The Balaban J connectivity index is 1.99. The zero-order valence-electron chi connectivity index (χ0n) is 9.65. The molecule has 0 aliphatic carbocycles. The quantitative estimate of drug-likeness (QED) is 0.769. The minimum absolute atomic E-state index is 0.00421. The molecular weight excluding hydrogens is 270 g/mol. The lowest BCUT2D eigenvalue weighted by atomic mass is 10.1. The average Bonchev–Trinajstić information content (AvgIpc) is 2.64. The number of carbonyl (C=O) groups is 1. The summed E-state index contributed by atoms with van der Waals surface area (Å²) in [6.45, 7) is 0. The number of rotatable bonds is 1. The van der Waals surface area contributed by atoms with Gasteiger partial charge in [-0.05, 0) is 12.1 Å². The van der Waals surface area contributed by atoms with Gasteiger partial charge in [0.25, 0.3) is 0 Å². The maximum Gasteiger partial charge on any atom is 0.237 e. The van der Waals surface area contributed by atoms with Crippen molar-refractivity contribution in [3.8, 4) is 0 Å². The van der Waals surface area contributed by atoms with Crippen molar-refractivity contribution < 1.29 is 13.2 Å². The van der Waals surface area contributed by atoms with Crippen molar-refractivity contribution in [1.29, 1.82) is 0 Å². The number of fused-ring (bicyclic) bond motifs is 1. The standard InChI is InChI=1S/C12H13NO3S2/c14-12-6-17-11-8-18(15,16)7-10(11)13(12)9-4-2-1-3-5-9/h1-5,10-11H,6-8H2/t10-,11-/m0/s1. The molecule has 2 saturated heterocycles. The number of carbonyl (C=O) groups excluding carboxylic acids is 1. The largest absolute Gasteiger partial charge is 0.306 e. The molecule has 18 heavy (non-hydrogen) atoms. The molecule has 0 aromatic heterocycles. The van der Waals surface area contributed by atoms with Crippen molar-refractivity contribution in [1.82, 2.24) is 0 Å². The van der Waals surface area contributed by atoms with Gasteiger partial charge in [0.15, 0.2) is 9.84 Å². The number of hydrogen-bond donors (Lipinski definition) is 0.